The molecule has 1 fully saturated rings. The SMILES string of the molecule is Oc1nc2nc(-c3ccc(N4CCC(O)C4)cc3)c(Cl)cc2[nH]1. The Labute approximate surface area is 137 Å². The minimum Gasteiger partial charge on any atom is -0.480 e. The van der Waals surface area contributed by atoms with Gasteiger partial charge in [-0.25, -0.2) is 4.98 Å². The first-order chi connectivity index (χ1) is 11.1. The Kier molecular flexibility index (Phi) is 3.36. The number of aromatic hydroxyl groups is 1. The molecule has 3 heterocycles. The molecule has 1 aliphatic heterocycles. The van der Waals surface area contributed by atoms with Crippen LogP contribution in [0, 0.1) is 0 Å². The second-order valence-electron chi connectivity index (χ2n) is 5.69. The first-order valence-electron chi connectivity index (χ1n) is 7.39. The lowest BCUT2D eigenvalue weighted by molar-refractivity contribution is 0.198. The van der Waals surface area contributed by atoms with E-state index in [-0.39, 0.29) is 12.1 Å². The van der Waals surface area contributed by atoms with Gasteiger partial charge >= 0.3 is 0 Å². The minimum absolute atomic E-state index is 0.177. The van der Waals surface area contributed by atoms with Crippen LogP contribution in [0.2, 0.25) is 5.02 Å². The highest BCUT2D eigenvalue weighted by Gasteiger charge is 2.20. The summed E-state index contributed by atoms with van der Waals surface area (Å²) in [5, 5.41) is 19.5. The molecule has 2 aromatic heterocycles. The molecule has 1 aliphatic rings. The van der Waals surface area contributed by atoms with Gasteiger partial charge in [0, 0.05) is 24.3 Å². The van der Waals surface area contributed by atoms with E-state index >= 15 is 0 Å². The number of aliphatic hydroxyl groups excluding tert-OH is 1. The molecule has 0 aliphatic carbocycles. The molecule has 1 unspecified atom stereocenters. The fraction of sp³-hybridized carbons (Fsp3) is 0.250. The summed E-state index contributed by atoms with van der Waals surface area (Å²) in [6.45, 7) is 1.52. The number of aromatic nitrogens is 3. The molecule has 0 radical (unpaired) electrons. The second kappa shape index (κ2) is 5.40. The first-order valence-corrected chi connectivity index (χ1v) is 7.76. The third-order valence-electron chi connectivity index (χ3n) is 4.08. The normalized spacial score (nSPS) is 18.0. The van der Waals surface area contributed by atoms with E-state index in [4.69, 9.17) is 11.6 Å². The molecular formula is C16H15ClN4O2. The second-order valence-corrected chi connectivity index (χ2v) is 6.09. The number of hydrogen-bond acceptors (Lipinski definition) is 5. The molecular weight excluding hydrogens is 316 g/mol. The zero-order valence-corrected chi connectivity index (χ0v) is 13.0. The number of aromatic amines is 1. The predicted molar refractivity (Wildman–Crippen MR) is 88.8 cm³/mol. The van der Waals surface area contributed by atoms with E-state index in [9.17, 15) is 10.2 Å². The van der Waals surface area contributed by atoms with Crippen LogP contribution in [-0.2, 0) is 0 Å². The van der Waals surface area contributed by atoms with Crippen LogP contribution in [0.4, 0.5) is 5.69 Å². The number of nitrogens with one attached hydrogen (secondary N) is 1. The van der Waals surface area contributed by atoms with Crippen molar-refractivity contribution in [2.45, 2.75) is 12.5 Å². The van der Waals surface area contributed by atoms with Gasteiger partial charge in [-0.05, 0) is 24.6 Å². The van der Waals surface area contributed by atoms with Crippen molar-refractivity contribution < 1.29 is 10.2 Å². The van der Waals surface area contributed by atoms with Crippen LogP contribution in [0.5, 0.6) is 6.01 Å². The summed E-state index contributed by atoms with van der Waals surface area (Å²) in [7, 11) is 0. The van der Waals surface area contributed by atoms with Crippen LogP contribution in [-0.4, -0.2) is 44.4 Å². The molecule has 1 aromatic carbocycles. The van der Waals surface area contributed by atoms with E-state index in [0.717, 1.165) is 24.2 Å². The minimum atomic E-state index is -0.250. The molecule has 3 N–H and O–H groups in total. The maximum atomic E-state index is 9.63. The Morgan fingerprint density at radius 3 is 2.70 bits per heavy atom. The van der Waals surface area contributed by atoms with Gasteiger partial charge < -0.3 is 20.1 Å². The van der Waals surface area contributed by atoms with E-state index in [2.05, 4.69) is 19.9 Å². The van der Waals surface area contributed by atoms with E-state index < -0.39 is 0 Å². The number of benzene rings is 1. The number of aliphatic hydroxyl groups is 1. The smallest absolute Gasteiger partial charge is 0.293 e. The van der Waals surface area contributed by atoms with Gasteiger partial charge in [0.05, 0.1) is 22.3 Å². The lowest BCUT2D eigenvalue weighted by Crippen LogP contribution is -2.20. The van der Waals surface area contributed by atoms with Crippen molar-refractivity contribution in [3.8, 4) is 17.3 Å². The molecule has 4 rings (SSSR count). The number of H-pyrrole nitrogens is 1. The quantitative estimate of drug-likeness (QED) is 0.672. The summed E-state index contributed by atoms with van der Waals surface area (Å²) in [6, 6.07) is 9.43. The average molecular weight is 331 g/mol. The fourth-order valence-corrected chi connectivity index (χ4v) is 3.17. The highest BCUT2D eigenvalue weighted by atomic mass is 35.5. The summed E-state index contributed by atoms with van der Waals surface area (Å²) < 4.78 is 0. The lowest BCUT2D eigenvalue weighted by Gasteiger charge is -2.18. The van der Waals surface area contributed by atoms with Gasteiger partial charge in [-0.1, -0.05) is 23.7 Å². The number of pyridine rings is 1. The Bertz CT molecular complexity index is 862. The van der Waals surface area contributed by atoms with E-state index in [1.54, 1.807) is 6.07 Å². The van der Waals surface area contributed by atoms with Gasteiger partial charge in [-0.2, -0.15) is 4.98 Å². The standard InChI is InChI=1S/C16H15ClN4O2/c17-12-7-13-15(20-16(23)18-13)19-14(12)9-1-3-10(4-2-9)21-6-5-11(22)8-21/h1-4,7,11,22H,5-6,8H2,(H2,18,19,20,23). The average Bonchev–Trinajstić information content (AvgIpc) is 3.11. The fourth-order valence-electron chi connectivity index (χ4n) is 2.91. The molecule has 0 spiro atoms. The summed E-state index contributed by atoms with van der Waals surface area (Å²) >= 11 is 6.30. The van der Waals surface area contributed by atoms with Crippen LogP contribution >= 0.6 is 11.6 Å². The molecule has 0 saturated carbocycles. The highest BCUT2D eigenvalue weighted by molar-refractivity contribution is 6.33. The van der Waals surface area contributed by atoms with Crippen molar-refractivity contribution in [2.24, 2.45) is 0 Å². The summed E-state index contributed by atoms with van der Waals surface area (Å²) in [5.74, 6) is 0. The Morgan fingerprint density at radius 1 is 1.22 bits per heavy atom. The molecule has 7 heteroatoms. The first kappa shape index (κ1) is 14.3. The largest absolute Gasteiger partial charge is 0.480 e. The van der Waals surface area contributed by atoms with Crippen molar-refractivity contribution in [2.75, 3.05) is 18.0 Å². The van der Waals surface area contributed by atoms with Gasteiger partial charge in [-0.3, -0.25) is 0 Å². The van der Waals surface area contributed by atoms with Crippen LogP contribution in [0.15, 0.2) is 30.3 Å². The van der Waals surface area contributed by atoms with Crippen molar-refractivity contribution in [3.05, 3.63) is 35.4 Å². The summed E-state index contributed by atoms with van der Waals surface area (Å²) in [6.07, 6.45) is 0.551. The molecule has 118 valence electrons. The molecule has 6 nitrogen and oxygen atoms in total. The van der Waals surface area contributed by atoms with Gasteiger partial charge in [0.1, 0.15) is 0 Å². The van der Waals surface area contributed by atoms with Crippen LogP contribution in [0.1, 0.15) is 6.42 Å². The molecule has 3 aromatic rings. The van der Waals surface area contributed by atoms with Crippen molar-refractivity contribution >= 4 is 28.5 Å². The number of halogens is 1. The van der Waals surface area contributed by atoms with Crippen molar-refractivity contribution in [1.82, 2.24) is 15.0 Å². The van der Waals surface area contributed by atoms with Gasteiger partial charge in [0.2, 0.25) is 0 Å². The molecule has 0 amide bonds. The van der Waals surface area contributed by atoms with E-state index in [1.165, 1.54) is 0 Å². The number of nitrogens with zero attached hydrogens (tertiary/aromatic N) is 3. The number of imidazole rings is 1. The Morgan fingerprint density at radius 2 is 2.00 bits per heavy atom. The van der Waals surface area contributed by atoms with Crippen LogP contribution in [0.3, 0.4) is 0 Å². The highest BCUT2D eigenvalue weighted by Crippen LogP contribution is 2.31. The van der Waals surface area contributed by atoms with Gasteiger partial charge in [0.15, 0.2) is 5.65 Å². The maximum Gasteiger partial charge on any atom is 0.293 e. The van der Waals surface area contributed by atoms with Crippen molar-refractivity contribution in [1.29, 1.82) is 0 Å². The number of hydrogen-bond donors (Lipinski definition) is 3. The van der Waals surface area contributed by atoms with Crippen molar-refractivity contribution in [3.63, 3.8) is 0 Å². The number of fused-ring (bicyclic) bond motifs is 1. The zero-order valence-electron chi connectivity index (χ0n) is 12.2. The molecule has 0 bridgehead atoms. The monoisotopic (exact) mass is 330 g/mol. The topological polar surface area (TPSA) is 85.3 Å². The van der Waals surface area contributed by atoms with Crippen LogP contribution < -0.4 is 4.90 Å². The molecule has 23 heavy (non-hydrogen) atoms. The maximum absolute atomic E-state index is 9.63. The van der Waals surface area contributed by atoms with E-state index in [0.29, 0.717) is 28.4 Å². The Hall–Kier alpha value is -2.31. The van der Waals surface area contributed by atoms with Gasteiger partial charge in [0.25, 0.3) is 6.01 Å². The Balaban J connectivity index is 1.68. The molecule has 1 saturated heterocycles. The van der Waals surface area contributed by atoms with Crippen LogP contribution in [0.25, 0.3) is 22.4 Å². The summed E-state index contributed by atoms with van der Waals surface area (Å²) in [4.78, 5) is 13.2. The zero-order chi connectivity index (χ0) is 16.0. The number of rotatable bonds is 2. The number of anilines is 1. The predicted octanol–water partition coefficient (Wildman–Crippen LogP) is 2.55. The van der Waals surface area contributed by atoms with E-state index in [1.807, 2.05) is 24.3 Å². The third kappa shape index (κ3) is 2.60. The molecule has 1 atom stereocenters. The summed E-state index contributed by atoms with van der Waals surface area (Å²) in [5.41, 5.74) is 3.59. The van der Waals surface area contributed by atoms with Gasteiger partial charge in [-0.15, -0.1) is 0 Å². The third-order valence-corrected chi connectivity index (χ3v) is 4.37. The lowest BCUT2D eigenvalue weighted by atomic mass is 10.1. The number of β-amino-alcohol motifs (C(OH)–C–C–N with tert-alkyl or cyclic N) is 1.